The number of hydrogen-bond acceptors (Lipinski definition) is 5. The molecule has 0 rings (SSSR count). The monoisotopic (exact) mass is 287 g/mol. The number of primary amides is 1. The van der Waals surface area contributed by atoms with Gasteiger partial charge in [-0.3, -0.25) is 19.2 Å². The summed E-state index contributed by atoms with van der Waals surface area (Å²) in [5, 5.41) is 7.08. The summed E-state index contributed by atoms with van der Waals surface area (Å²) in [4.78, 5) is 44.6. The molecular formula is C11H21N5O4. The summed E-state index contributed by atoms with van der Waals surface area (Å²) in [6.45, 7) is 1.21. The molecule has 0 heterocycles. The van der Waals surface area contributed by atoms with Crippen molar-refractivity contribution in [3.8, 4) is 0 Å². The van der Waals surface area contributed by atoms with Crippen LogP contribution in [0, 0.1) is 0 Å². The molecule has 9 nitrogen and oxygen atoms in total. The van der Waals surface area contributed by atoms with Crippen LogP contribution in [0.4, 0.5) is 0 Å². The Bertz CT molecular complexity index is 385. The zero-order valence-corrected chi connectivity index (χ0v) is 11.6. The van der Waals surface area contributed by atoms with Crippen molar-refractivity contribution in [1.29, 1.82) is 0 Å². The maximum Gasteiger partial charge on any atom is 0.242 e. The number of likely N-dealkylation sites (N-methyl/N-ethyl adjacent to an activating group) is 1. The lowest BCUT2D eigenvalue weighted by atomic mass is 10.1. The average molecular weight is 287 g/mol. The molecule has 9 heteroatoms. The second-order valence-electron chi connectivity index (χ2n) is 4.23. The van der Waals surface area contributed by atoms with Crippen molar-refractivity contribution in [3.05, 3.63) is 0 Å². The van der Waals surface area contributed by atoms with Crippen molar-refractivity contribution in [2.45, 2.75) is 31.8 Å². The number of nitrogens with two attached hydrogens (primary N) is 2. The molecule has 0 aromatic carbocycles. The first-order chi connectivity index (χ1) is 9.27. The molecule has 0 aliphatic rings. The molecule has 0 spiro atoms. The smallest absolute Gasteiger partial charge is 0.242 e. The molecule has 0 aromatic heterocycles. The van der Waals surface area contributed by atoms with E-state index in [0.717, 1.165) is 0 Å². The van der Waals surface area contributed by atoms with Gasteiger partial charge in [0.15, 0.2) is 0 Å². The van der Waals surface area contributed by atoms with Gasteiger partial charge in [0, 0.05) is 13.5 Å². The summed E-state index contributed by atoms with van der Waals surface area (Å²) in [6, 6.07) is -1.61. The molecule has 0 aromatic rings. The van der Waals surface area contributed by atoms with E-state index in [1.165, 1.54) is 14.0 Å². The van der Waals surface area contributed by atoms with E-state index in [2.05, 4.69) is 16.0 Å². The van der Waals surface area contributed by atoms with Crippen LogP contribution in [0.1, 0.15) is 19.8 Å². The fourth-order valence-electron chi connectivity index (χ4n) is 1.30. The van der Waals surface area contributed by atoms with Crippen LogP contribution in [0.5, 0.6) is 0 Å². The lowest BCUT2D eigenvalue weighted by Crippen LogP contribution is -2.49. The van der Waals surface area contributed by atoms with E-state index in [1.807, 2.05) is 0 Å². The lowest BCUT2D eigenvalue weighted by molar-refractivity contribution is -0.129. The highest BCUT2D eigenvalue weighted by molar-refractivity contribution is 5.90. The topological polar surface area (TPSA) is 156 Å². The van der Waals surface area contributed by atoms with Crippen molar-refractivity contribution < 1.29 is 19.2 Å². The summed E-state index contributed by atoms with van der Waals surface area (Å²) in [5.74, 6) is -1.97. The maximum absolute atomic E-state index is 11.5. The minimum atomic E-state index is -0.910. The van der Waals surface area contributed by atoms with Gasteiger partial charge in [0.25, 0.3) is 0 Å². The molecule has 0 radical (unpaired) electrons. The first-order valence-corrected chi connectivity index (χ1v) is 6.10. The second kappa shape index (κ2) is 8.86. The molecule has 4 amide bonds. The van der Waals surface area contributed by atoms with Crippen molar-refractivity contribution in [2.24, 2.45) is 11.5 Å². The van der Waals surface area contributed by atoms with Gasteiger partial charge in [0.1, 0.15) is 6.04 Å². The van der Waals surface area contributed by atoms with Crippen LogP contribution in [0.25, 0.3) is 0 Å². The van der Waals surface area contributed by atoms with Gasteiger partial charge in [-0.05, 0) is 13.3 Å². The summed E-state index contributed by atoms with van der Waals surface area (Å²) in [7, 11) is 1.45. The number of rotatable bonds is 8. The van der Waals surface area contributed by atoms with Gasteiger partial charge in [-0.15, -0.1) is 0 Å². The first kappa shape index (κ1) is 17.8. The molecule has 2 atom stereocenters. The number of amides is 4. The normalized spacial score (nSPS) is 12.9. The van der Waals surface area contributed by atoms with E-state index in [0.29, 0.717) is 0 Å². The number of nitrogens with one attached hydrogen (secondary N) is 3. The fourth-order valence-corrected chi connectivity index (χ4v) is 1.30. The SMILES string of the molecule is CNC(=O)C(C)NC(=O)CNC(=O)C(N)CCC(N)=O. The van der Waals surface area contributed by atoms with Crippen molar-refractivity contribution in [3.63, 3.8) is 0 Å². The van der Waals surface area contributed by atoms with Crippen LogP contribution in [-0.4, -0.2) is 49.3 Å². The van der Waals surface area contributed by atoms with Crippen molar-refractivity contribution in [1.82, 2.24) is 16.0 Å². The molecule has 0 fully saturated rings. The summed E-state index contributed by atoms with van der Waals surface area (Å²) < 4.78 is 0. The molecule has 20 heavy (non-hydrogen) atoms. The predicted molar refractivity (Wildman–Crippen MR) is 71.1 cm³/mol. The number of carbonyl (C=O) groups is 4. The Balaban J connectivity index is 4.02. The minimum absolute atomic E-state index is 0.00547. The Morgan fingerprint density at radius 3 is 2.25 bits per heavy atom. The first-order valence-electron chi connectivity index (χ1n) is 6.10. The number of hydrogen-bond donors (Lipinski definition) is 5. The van der Waals surface area contributed by atoms with Crippen LogP contribution in [0.3, 0.4) is 0 Å². The largest absolute Gasteiger partial charge is 0.370 e. The highest BCUT2D eigenvalue weighted by atomic mass is 16.2. The highest BCUT2D eigenvalue weighted by Gasteiger charge is 2.17. The van der Waals surface area contributed by atoms with E-state index in [9.17, 15) is 19.2 Å². The molecule has 0 saturated heterocycles. The van der Waals surface area contributed by atoms with E-state index in [4.69, 9.17) is 11.5 Å². The Labute approximate surface area is 116 Å². The van der Waals surface area contributed by atoms with Crippen LogP contribution in [0.2, 0.25) is 0 Å². The van der Waals surface area contributed by atoms with Gasteiger partial charge in [-0.25, -0.2) is 0 Å². The van der Waals surface area contributed by atoms with Crippen LogP contribution >= 0.6 is 0 Å². The summed E-state index contributed by atoms with van der Waals surface area (Å²) in [6.07, 6.45) is 0.103. The standard InChI is InChI=1S/C11H21N5O4/c1-6(10(19)14-2)16-9(18)5-15-11(20)7(12)3-4-8(13)17/h6-7H,3-5,12H2,1-2H3,(H2,13,17)(H,14,19)(H,15,20)(H,16,18). The third kappa shape index (κ3) is 7.31. The van der Waals surface area contributed by atoms with Gasteiger partial charge in [-0.2, -0.15) is 0 Å². The van der Waals surface area contributed by atoms with E-state index in [-0.39, 0.29) is 25.3 Å². The van der Waals surface area contributed by atoms with Crippen LogP contribution in [-0.2, 0) is 19.2 Å². The third-order valence-electron chi connectivity index (χ3n) is 2.48. The fraction of sp³-hybridized carbons (Fsp3) is 0.636. The molecular weight excluding hydrogens is 266 g/mol. The molecule has 0 bridgehead atoms. The average Bonchev–Trinajstić information content (AvgIpc) is 2.40. The van der Waals surface area contributed by atoms with Gasteiger partial charge < -0.3 is 27.4 Å². The van der Waals surface area contributed by atoms with Gasteiger partial charge >= 0.3 is 0 Å². The van der Waals surface area contributed by atoms with Crippen LogP contribution in [0.15, 0.2) is 0 Å². The Morgan fingerprint density at radius 2 is 1.75 bits per heavy atom. The van der Waals surface area contributed by atoms with E-state index in [1.54, 1.807) is 0 Å². The molecule has 0 saturated carbocycles. The third-order valence-corrected chi connectivity index (χ3v) is 2.48. The molecule has 114 valence electrons. The Morgan fingerprint density at radius 1 is 1.15 bits per heavy atom. The molecule has 0 aliphatic heterocycles. The van der Waals surface area contributed by atoms with Gasteiger partial charge in [-0.1, -0.05) is 0 Å². The lowest BCUT2D eigenvalue weighted by Gasteiger charge is -2.14. The predicted octanol–water partition coefficient (Wildman–Crippen LogP) is -3.05. The minimum Gasteiger partial charge on any atom is -0.370 e. The van der Waals surface area contributed by atoms with Gasteiger partial charge in [0.05, 0.1) is 12.6 Å². The zero-order valence-electron chi connectivity index (χ0n) is 11.6. The zero-order chi connectivity index (χ0) is 15.7. The molecule has 7 N–H and O–H groups in total. The van der Waals surface area contributed by atoms with E-state index < -0.39 is 29.8 Å². The summed E-state index contributed by atoms with van der Waals surface area (Å²) >= 11 is 0. The van der Waals surface area contributed by atoms with Crippen molar-refractivity contribution >= 4 is 23.6 Å². The summed E-state index contributed by atoms with van der Waals surface area (Å²) in [5.41, 5.74) is 10.4. The Kier molecular flexibility index (Phi) is 7.90. The molecule has 0 aliphatic carbocycles. The second-order valence-corrected chi connectivity index (χ2v) is 4.23. The molecule has 2 unspecified atom stereocenters. The van der Waals surface area contributed by atoms with Crippen molar-refractivity contribution in [2.75, 3.05) is 13.6 Å². The van der Waals surface area contributed by atoms with Gasteiger partial charge in [0.2, 0.25) is 23.6 Å². The number of carbonyl (C=O) groups excluding carboxylic acids is 4. The quantitative estimate of drug-likeness (QED) is 0.320. The van der Waals surface area contributed by atoms with Crippen LogP contribution < -0.4 is 27.4 Å². The Hall–Kier alpha value is -2.16. The van der Waals surface area contributed by atoms with E-state index >= 15 is 0 Å². The maximum atomic E-state index is 11.5. The highest BCUT2D eigenvalue weighted by Crippen LogP contribution is 1.93.